The number of amides is 1. The molecule has 0 aliphatic carbocycles. The van der Waals surface area contributed by atoms with E-state index in [4.69, 9.17) is 10.5 Å². The van der Waals surface area contributed by atoms with Crippen molar-refractivity contribution in [1.82, 2.24) is 4.90 Å². The largest absolute Gasteiger partial charge is 0.391 e. The predicted molar refractivity (Wildman–Crippen MR) is 60.9 cm³/mol. The molecule has 0 aromatic carbocycles. The highest BCUT2D eigenvalue weighted by Crippen LogP contribution is 2.11. The summed E-state index contributed by atoms with van der Waals surface area (Å²) in [4.78, 5) is 13.6. The first kappa shape index (κ1) is 13.4. The van der Waals surface area contributed by atoms with Crippen LogP contribution in [0.25, 0.3) is 0 Å². The molecule has 5 heteroatoms. The van der Waals surface area contributed by atoms with Gasteiger partial charge in [0, 0.05) is 26.8 Å². The zero-order valence-electron chi connectivity index (χ0n) is 9.89. The molecule has 0 radical (unpaired) electrons. The van der Waals surface area contributed by atoms with Crippen LogP contribution >= 0.6 is 0 Å². The normalized spacial score (nSPS) is 23.2. The fourth-order valence-corrected chi connectivity index (χ4v) is 1.96. The highest BCUT2D eigenvalue weighted by Gasteiger charge is 2.25. The molecule has 1 amide bonds. The van der Waals surface area contributed by atoms with E-state index < -0.39 is 6.04 Å². The minimum Gasteiger partial charge on any atom is -0.391 e. The third-order valence-corrected chi connectivity index (χ3v) is 2.89. The van der Waals surface area contributed by atoms with Gasteiger partial charge in [-0.15, -0.1) is 0 Å². The SMILES string of the molecule is COCCCC(N)C(=O)N1CCCC(O)C1. The number of likely N-dealkylation sites (tertiary alicyclic amines) is 1. The van der Waals surface area contributed by atoms with Crippen LogP contribution in [0, 0.1) is 0 Å². The average Bonchev–Trinajstić information content (AvgIpc) is 2.28. The van der Waals surface area contributed by atoms with Crippen molar-refractivity contribution in [3.8, 4) is 0 Å². The van der Waals surface area contributed by atoms with E-state index >= 15 is 0 Å². The number of nitrogens with zero attached hydrogens (tertiary/aromatic N) is 1. The fraction of sp³-hybridized carbons (Fsp3) is 0.909. The molecule has 1 rings (SSSR count). The molecule has 1 heterocycles. The van der Waals surface area contributed by atoms with Crippen LogP contribution in [0.2, 0.25) is 0 Å². The second kappa shape index (κ2) is 6.83. The van der Waals surface area contributed by atoms with Crippen molar-refractivity contribution in [2.45, 2.75) is 37.8 Å². The van der Waals surface area contributed by atoms with E-state index in [1.807, 2.05) is 0 Å². The molecule has 2 unspecified atom stereocenters. The van der Waals surface area contributed by atoms with Crippen LogP contribution < -0.4 is 5.73 Å². The van der Waals surface area contributed by atoms with Gasteiger partial charge in [0.25, 0.3) is 0 Å². The van der Waals surface area contributed by atoms with Crippen molar-refractivity contribution in [3.63, 3.8) is 0 Å². The lowest BCUT2D eigenvalue weighted by Crippen LogP contribution is -2.49. The van der Waals surface area contributed by atoms with Gasteiger partial charge in [-0.2, -0.15) is 0 Å². The summed E-state index contributed by atoms with van der Waals surface area (Å²) in [6, 6.07) is -0.458. The highest BCUT2D eigenvalue weighted by molar-refractivity contribution is 5.81. The quantitative estimate of drug-likeness (QED) is 0.637. The van der Waals surface area contributed by atoms with Crippen LogP contribution in [-0.4, -0.2) is 54.9 Å². The van der Waals surface area contributed by atoms with Gasteiger partial charge in [-0.1, -0.05) is 0 Å². The predicted octanol–water partition coefficient (Wildman–Crippen LogP) is -0.276. The van der Waals surface area contributed by atoms with Crippen molar-refractivity contribution in [3.05, 3.63) is 0 Å². The van der Waals surface area contributed by atoms with E-state index in [0.29, 0.717) is 26.1 Å². The zero-order chi connectivity index (χ0) is 12.0. The molecule has 2 atom stereocenters. The number of carbonyl (C=O) groups is 1. The number of β-amino-alcohol motifs (C(OH)–C–C–N with tert-alkyl or cyclic N) is 1. The summed E-state index contributed by atoms with van der Waals surface area (Å²) in [5.74, 6) is -0.0464. The summed E-state index contributed by atoms with van der Waals surface area (Å²) in [5.41, 5.74) is 5.81. The summed E-state index contributed by atoms with van der Waals surface area (Å²) in [5, 5.41) is 9.47. The van der Waals surface area contributed by atoms with Gasteiger partial charge < -0.3 is 20.5 Å². The molecule has 1 saturated heterocycles. The number of hydrogen-bond donors (Lipinski definition) is 2. The molecule has 0 spiro atoms. The lowest BCUT2D eigenvalue weighted by Gasteiger charge is -2.31. The van der Waals surface area contributed by atoms with Crippen LogP contribution in [0.15, 0.2) is 0 Å². The first-order chi connectivity index (χ1) is 7.65. The van der Waals surface area contributed by atoms with Crippen molar-refractivity contribution in [2.75, 3.05) is 26.8 Å². The number of nitrogens with two attached hydrogens (primary N) is 1. The van der Waals surface area contributed by atoms with Crippen molar-refractivity contribution in [1.29, 1.82) is 0 Å². The van der Waals surface area contributed by atoms with Crippen LogP contribution in [0.4, 0.5) is 0 Å². The molecular formula is C11H22N2O3. The average molecular weight is 230 g/mol. The number of carbonyl (C=O) groups excluding carboxylic acids is 1. The van der Waals surface area contributed by atoms with E-state index in [9.17, 15) is 9.90 Å². The Balaban J connectivity index is 2.31. The summed E-state index contributed by atoms with van der Waals surface area (Å²) >= 11 is 0. The second-order valence-electron chi connectivity index (χ2n) is 4.32. The Labute approximate surface area is 96.6 Å². The Morgan fingerprint density at radius 2 is 2.44 bits per heavy atom. The van der Waals surface area contributed by atoms with Gasteiger partial charge in [0.2, 0.25) is 5.91 Å². The summed E-state index contributed by atoms with van der Waals surface area (Å²) < 4.78 is 4.91. The molecule has 0 aromatic heterocycles. The van der Waals surface area contributed by atoms with Gasteiger partial charge in [0.1, 0.15) is 0 Å². The number of aliphatic hydroxyl groups is 1. The number of hydrogen-bond acceptors (Lipinski definition) is 4. The zero-order valence-corrected chi connectivity index (χ0v) is 9.89. The van der Waals surface area contributed by atoms with E-state index in [-0.39, 0.29) is 12.0 Å². The third kappa shape index (κ3) is 4.08. The Hall–Kier alpha value is -0.650. The monoisotopic (exact) mass is 230 g/mol. The molecule has 0 bridgehead atoms. The van der Waals surface area contributed by atoms with Crippen LogP contribution in [0.3, 0.4) is 0 Å². The van der Waals surface area contributed by atoms with Crippen molar-refractivity contribution >= 4 is 5.91 Å². The molecule has 1 fully saturated rings. The molecule has 1 aliphatic rings. The van der Waals surface area contributed by atoms with Gasteiger partial charge >= 0.3 is 0 Å². The minimum absolute atomic E-state index is 0.0464. The van der Waals surface area contributed by atoms with Gasteiger partial charge in [0.05, 0.1) is 12.1 Å². The van der Waals surface area contributed by atoms with Gasteiger partial charge in [0.15, 0.2) is 0 Å². The maximum atomic E-state index is 11.9. The molecule has 1 aliphatic heterocycles. The number of methoxy groups -OCH3 is 1. The summed E-state index contributed by atoms with van der Waals surface area (Å²) in [7, 11) is 1.63. The van der Waals surface area contributed by atoms with Gasteiger partial charge in [-0.25, -0.2) is 0 Å². The van der Waals surface area contributed by atoms with Gasteiger partial charge in [-0.05, 0) is 25.7 Å². The topological polar surface area (TPSA) is 75.8 Å². The smallest absolute Gasteiger partial charge is 0.239 e. The summed E-state index contributed by atoms with van der Waals surface area (Å²) in [6.07, 6.45) is 2.68. The first-order valence-electron chi connectivity index (χ1n) is 5.86. The number of rotatable bonds is 5. The Kier molecular flexibility index (Phi) is 5.73. The molecule has 5 nitrogen and oxygen atoms in total. The Morgan fingerprint density at radius 1 is 1.69 bits per heavy atom. The maximum Gasteiger partial charge on any atom is 0.239 e. The highest BCUT2D eigenvalue weighted by atomic mass is 16.5. The fourth-order valence-electron chi connectivity index (χ4n) is 1.96. The minimum atomic E-state index is -0.458. The maximum absolute atomic E-state index is 11.9. The molecule has 16 heavy (non-hydrogen) atoms. The lowest BCUT2D eigenvalue weighted by molar-refractivity contribution is -0.135. The third-order valence-electron chi connectivity index (χ3n) is 2.89. The Morgan fingerprint density at radius 3 is 3.06 bits per heavy atom. The standard InChI is InChI=1S/C11H22N2O3/c1-16-7-3-5-10(12)11(15)13-6-2-4-9(14)8-13/h9-10,14H,2-8,12H2,1H3. The van der Waals surface area contributed by atoms with E-state index in [0.717, 1.165) is 19.3 Å². The lowest BCUT2D eigenvalue weighted by atomic mass is 10.1. The van der Waals surface area contributed by atoms with E-state index in [1.165, 1.54) is 0 Å². The van der Waals surface area contributed by atoms with Crippen molar-refractivity contribution in [2.24, 2.45) is 5.73 Å². The molecule has 94 valence electrons. The molecular weight excluding hydrogens is 208 g/mol. The molecule has 0 aromatic rings. The van der Waals surface area contributed by atoms with E-state index in [2.05, 4.69) is 0 Å². The van der Waals surface area contributed by atoms with Gasteiger partial charge in [-0.3, -0.25) is 4.79 Å². The molecule has 3 N–H and O–H groups in total. The molecule has 0 saturated carbocycles. The second-order valence-corrected chi connectivity index (χ2v) is 4.32. The number of ether oxygens (including phenoxy) is 1. The van der Waals surface area contributed by atoms with E-state index in [1.54, 1.807) is 12.0 Å². The van der Waals surface area contributed by atoms with Crippen LogP contribution in [-0.2, 0) is 9.53 Å². The Bertz CT molecular complexity index is 223. The van der Waals surface area contributed by atoms with Crippen LogP contribution in [0.5, 0.6) is 0 Å². The summed E-state index contributed by atoms with van der Waals surface area (Å²) in [6.45, 7) is 1.77. The number of aliphatic hydroxyl groups excluding tert-OH is 1. The first-order valence-corrected chi connectivity index (χ1v) is 5.86. The van der Waals surface area contributed by atoms with Crippen molar-refractivity contribution < 1.29 is 14.6 Å². The van der Waals surface area contributed by atoms with Crippen LogP contribution in [0.1, 0.15) is 25.7 Å². The number of piperidine rings is 1.